The van der Waals surface area contributed by atoms with E-state index in [2.05, 4.69) is 9.84 Å². The number of esters is 2. The number of alkyl halides is 3. The highest BCUT2D eigenvalue weighted by atomic mass is 19.4. The maximum atomic E-state index is 14.1. The highest BCUT2D eigenvalue weighted by molar-refractivity contribution is 5.88. The maximum absolute atomic E-state index is 14.1. The molecule has 1 aliphatic carbocycles. The molecule has 0 unspecified atom stereocenters. The summed E-state index contributed by atoms with van der Waals surface area (Å²) in [7, 11) is 1.31. The van der Waals surface area contributed by atoms with Gasteiger partial charge in [-0.15, -0.1) is 0 Å². The van der Waals surface area contributed by atoms with Gasteiger partial charge in [-0.3, -0.25) is 9.59 Å². The fourth-order valence-corrected chi connectivity index (χ4v) is 2.86. The van der Waals surface area contributed by atoms with Gasteiger partial charge in [-0.25, -0.2) is 13.9 Å². The fourth-order valence-electron chi connectivity index (χ4n) is 2.86. The molecule has 0 aliphatic heterocycles. The molecule has 0 atom stereocenters. The Labute approximate surface area is 173 Å². The van der Waals surface area contributed by atoms with Crippen molar-refractivity contribution in [1.82, 2.24) is 9.78 Å². The number of methoxy groups -OCH3 is 1. The van der Waals surface area contributed by atoms with Crippen LogP contribution < -0.4 is 10.3 Å². The zero-order chi connectivity index (χ0) is 22.8. The van der Waals surface area contributed by atoms with E-state index in [4.69, 9.17) is 4.74 Å². The Hall–Kier alpha value is -3.24. The summed E-state index contributed by atoms with van der Waals surface area (Å²) < 4.78 is 60.6. The number of hydrogen-bond donors (Lipinski definition) is 0. The van der Waals surface area contributed by atoms with Crippen molar-refractivity contribution < 1.29 is 36.6 Å². The summed E-state index contributed by atoms with van der Waals surface area (Å²) in [5.41, 5.74) is 0.160. The second-order valence-electron chi connectivity index (χ2n) is 7.09. The first kappa shape index (κ1) is 22.4. The lowest BCUT2D eigenvalue weighted by Gasteiger charge is -2.11. The van der Waals surface area contributed by atoms with Crippen molar-refractivity contribution in [3.63, 3.8) is 0 Å². The molecule has 166 valence electrons. The molecule has 0 radical (unpaired) electrons. The van der Waals surface area contributed by atoms with Crippen molar-refractivity contribution >= 4 is 11.9 Å². The van der Waals surface area contributed by atoms with Crippen molar-refractivity contribution in [2.75, 3.05) is 7.11 Å². The molecule has 2 aromatic rings. The Morgan fingerprint density at radius 3 is 2.52 bits per heavy atom. The Morgan fingerprint density at radius 2 is 1.94 bits per heavy atom. The van der Waals surface area contributed by atoms with E-state index in [1.807, 2.05) is 0 Å². The summed E-state index contributed by atoms with van der Waals surface area (Å²) in [6, 6.07) is 5.44. The smallest absolute Gasteiger partial charge is 0.491 e. The number of rotatable bonds is 7. The highest BCUT2D eigenvalue weighted by Gasteiger charge is 2.42. The molecule has 1 aromatic carbocycles. The predicted octanol–water partition coefficient (Wildman–Crippen LogP) is 3.03. The molecule has 0 N–H and O–H groups in total. The summed E-state index contributed by atoms with van der Waals surface area (Å²) >= 11 is 0. The average Bonchev–Trinajstić information content (AvgIpc) is 3.51. The average molecular weight is 442 g/mol. The standard InChI is InChI=1S/C20H18F4N2O5/c1-30-16-6-4-12(8-14(16)21)15-9-13(18(28)26(25-15)10-11-2-3-11)5-7-17(27)31-19(29)20(22,23)24/h4,6,8-9,11H,2-3,5,7,10H2,1H3. The lowest BCUT2D eigenvalue weighted by molar-refractivity contribution is -0.201. The Morgan fingerprint density at radius 1 is 1.23 bits per heavy atom. The van der Waals surface area contributed by atoms with Crippen LogP contribution in [0.15, 0.2) is 29.1 Å². The Kier molecular flexibility index (Phi) is 6.42. The van der Waals surface area contributed by atoms with Crippen LogP contribution in [0.5, 0.6) is 5.75 Å². The van der Waals surface area contributed by atoms with Crippen molar-refractivity contribution in [2.45, 2.75) is 38.4 Å². The molecule has 1 aliphatic rings. The molecule has 0 bridgehead atoms. The minimum atomic E-state index is -5.30. The number of carbonyl (C=O) groups is 2. The van der Waals surface area contributed by atoms with E-state index in [9.17, 15) is 31.9 Å². The van der Waals surface area contributed by atoms with Crippen LogP contribution in [-0.2, 0) is 27.3 Å². The topological polar surface area (TPSA) is 87.5 Å². The van der Waals surface area contributed by atoms with Gasteiger partial charge in [-0.1, -0.05) is 0 Å². The van der Waals surface area contributed by atoms with E-state index in [0.717, 1.165) is 12.8 Å². The van der Waals surface area contributed by atoms with Gasteiger partial charge in [0.2, 0.25) is 0 Å². The lowest BCUT2D eigenvalue weighted by atomic mass is 10.1. The van der Waals surface area contributed by atoms with Crippen LogP contribution in [0.2, 0.25) is 0 Å². The third kappa shape index (κ3) is 5.68. The molecule has 0 spiro atoms. The molecule has 31 heavy (non-hydrogen) atoms. The van der Waals surface area contributed by atoms with Crippen LogP contribution >= 0.6 is 0 Å². The van der Waals surface area contributed by atoms with E-state index in [1.165, 1.54) is 36.1 Å². The van der Waals surface area contributed by atoms with Gasteiger partial charge >= 0.3 is 18.1 Å². The Bertz CT molecular complexity index is 1060. The van der Waals surface area contributed by atoms with Crippen LogP contribution in [0.4, 0.5) is 17.6 Å². The monoisotopic (exact) mass is 442 g/mol. The molecule has 3 rings (SSSR count). The largest absolute Gasteiger partial charge is 0.494 e. The molecular formula is C20H18F4N2O5. The molecule has 11 heteroatoms. The summed E-state index contributed by atoms with van der Waals surface area (Å²) in [6.45, 7) is 0.329. The summed E-state index contributed by atoms with van der Waals surface area (Å²) in [5, 5.41) is 4.27. The first-order valence-corrected chi connectivity index (χ1v) is 9.35. The quantitative estimate of drug-likeness (QED) is 0.372. The van der Waals surface area contributed by atoms with Gasteiger partial charge in [0.1, 0.15) is 0 Å². The highest BCUT2D eigenvalue weighted by Crippen LogP contribution is 2.30. The molecule has 1 fully saturated rings. The third-order valence-electron chi connectivity index (χ3n) is 4.66. The third-order valence-corrected chi connectivity index (χ3v) is 4.66. The summed E-state index contributed by atoms with van der Waals surface area (Å²) in [6.07, 6.45) is -4.34. The normalized spacial score (nSPS) is 13.7. The molecule has 0 saturated heterocycles. The number of ether oxygens (including phenoxy) is 2. The minimum absolute atomic E-state index is 0.0207. The van der Waals surface area contributed by atoms with Gasteiger partial charge in [-0.2, -0.15) is 18.3 Å². The first-order chi connectivity index (χ1) is 14.6. The minimum Gasteiger partial charge on any atom is -0.494 e. The number of nitrogens with zero attached hydrogens (tertiary/aromatic N) is 2. The molecule has 1 aromatic heterocycles. The van der Waals surface area contributed by atoms with Crippen molar-refractivity contribution in [1.29, 1.82) is 0 Å². The van der Waals surface area contributed by atoms with Gasteiger partial charge in [0.15, 0.2) is 11.6 Å². The maximum Gasteiger partial charge on any atom is 0.491 e. The van der Waals surface area contributed by atoms with Gasteiger partial charge in [0, 0.05) is 17.7 Å². The van der Waals surface area contributed by atoms with Crippen LogP contribution in [0.25, 0.3) is 11.3 Å². The zero-order valence-electron chi connectivity index (χ0n) is 16.4. The van der Waals surface area contributed by atoms with Crippen molar-refractivity contribution in [3.05, 3.63) is 46.0 Å². The number of carbonyl (C=O) groups excluding carboxylic acids is 2. The Balaban J connectivity index is 1.86. The van der Waals surface area contributed by atoms with E-state index < -0.39 is 35.9 Å². The van der Waals surface area contributed by atoms with E-state index in [1.54, 1.807) is 0 Å². The zero-order valence-corrected chi connectivity index (χ0v) is 16.4. The van der Waals surface area contributed by atoms with Crippen LogP contribution in [-0.4, -0.2) is 35.0 Å². The SMILES string of the molecule is COc1ccc(-c2cc(CCC(=O)OC(=O)C(F)(F)F)c(=O)n(CC3CC3)n2)cc1F. The number of aromatic nitrogens is 2. The van der Waals surface area contributed by atoms with Gasteiger partial charge < -0.3 is 9.47 Å². The second kappa shape index (κ2) is 8.86. The number of halogens is 4. The van der Waals surface area contributed by atoms with Gasteiger partial charge in [0.25, 0.3) is 5.56 Å². The van der Waals surface area contributed by atoms with E-state index in [-0.39, 0.29) is 29.3 Å². The first-order valence-electron chi connectivity index (χ1n) is 9.35. The van der Waals surface area contributed by atoms with Crippen molar-refractivity contribution in [3.8, 4) is 17.0 Å². The number of aryl methyl sites for hydroxylation is 1. The van der Waals surface area contributed by atoms with E-state index >= 15 is 0 Å². The summed E-state index contributed by atoms with van der Waals surface area (Å²) in [4.78, 5) is 35.1. The van der Waals surface area contributed by atoms with Crippen molar-refractivity contribution in [2.24, 2.45) is 5.92 Å². The molecule has 1 heterocycles. The number of benzene rings is 1. The molecule has 1 saturated carbocycles. The second-order valence-corrected chi connectivity index (χ2v) is 7.09. The fraction of sp³-hybridized carbons (Fsp3) is 0.400. The lowest BCUT2D eigenvalue weighted by Crippen LogP contribution is -2.29. The van der Waals surface area contributed by atoms with Crippen LogP contribution in [0.3, 0.4) is 0 Å². The van der Waals surface area contributed by atoms with Gasteiger partial charge in [-0.05, 0) is 49.4 Å². The van der Waals surface area contributed by atoms with Crippen LogP contribution in [0, 0.1) is 11.7 Å². The summed E-state index contributed by atoms with van der Waals surface area (Å²) in [5.74, 6) is -4.38. The van der Waals surface area contributed by atoms with Gasteiger partial charge in [0.05, 0.1) is 19.2 Å². The van der Waals surface area contributed by atoms with Crippen LogP contribution in [0.1, 0.15) is 24.8 Å². The molecule has 7 nitrogen and oxygen atoms in total. The number of hydrogen-bond acceptors (Lipinski definition) is 6. The molecular weight excluding hydrogens is 424 g/mol. The molecule has 0 amide bonds. The predicted molar refractivity (Wildman–Crippen MR) is 98.6 cm³/mol. The van der Waals surface area contributed by atoms with E-state index in [0.29, 0.717) is 12.1 Å².